The molecule has 0 spiro atoms. The topological polar surface area (TPSA) is 65.1 Å². The summed E-state index contributed by atoms with van der Waals surface area (Å²) in [6, 6.07) is 13.3. The number of rotatable bonds is 4. The Labute approximate surface area is 176 Å². The number of hydrogen-bond acceptors (Lipinski definition) is 5. The summed E-state index contributed by atoms with van der Waals surface area (Å²) >= 11 is 0. The number of nitrogens with zero attached hydrogens (tertiary/aromatic N) is 1. The number of para-hydroxylation sites is 1. The number of esters is 1. The van der Waals surface area contributed by atoms with Gasteiger partial charge in [0.05, 0.1) is 13.2 Å². The van der Waals surface area contributed by atoms with Gasteiger partial charge in [-0.05, 0) is 55.7 Å². The van der Waals surface area contributed by atoms with E-state index in [4.69, 9.17) is 14.2 Å². The highest BCUT2D eigenvalue weighted by atomic mass is 16.5. The largest absolute Gasteiger partial charge is 0.490 e. The molecule has 2 aliphatic rings. The SMILES string of the molecule is C[C@@H](OC(=O)/C=C/c1ccc2c(c1)OCCCO2)C(=O)N1c2ccccc2C[C@@H]1C. The Hall–Kier alpha value is -3.28. The fourth-order valence-electron chi connectivity index (χ4n) is 3.81. The zero-order valence-corrected chi connectivity index (χ0v) is 17.2. The number of ether oxygens (including phenoxy) is 3. The second-order valence-corrected chi connectivity index (χ2v) is 7.56. The lowest BCUT2D eigenvalue weighted by Gasteiger charge is -2.25. The molecule has 30 heavy (non-hydrogen) atoms. The van der Waals surface area contributed by atoms with Gasteiger partial charge in [-0.3, -0.25) is 4.79 Å². The third-order valence-electron chi connectivity index (χ3n) is 5.27. The van der Waals surface area contributed by atoms with Crippen molar-refractivity contribution >= 4 is 23.6 Å². The first-order valence-corrected chi connectivity index (χ1v) is 10.2. The number of hydrogen-bond donors (Lipinski definition) is 0. The number of carbonyl (C=O) groups is 2. The van der Waals surface area contributed by atoms with Crippen LogP contribution >= 0.6 is 0 Å². The van der Waals surface area contributed by atoms with E-state index in [1.807, 2.05) is 49.4 Å². The highest BCUT2D eigenvalue weighted by Gasteiger charge is 2.34. The van der Waals surface area contributed by atoms with Crippen LogP contribution in [0.3, 0.4) is 0 Å². The molecule has 0 unspecified atom stereocenters. The first kappa shape index (κ1) is 20.0. The molecule has 6 nitrogen and oxygen atoms in total. The van der Waals surface area contributed by atoms with Crippen molar-refractivity contribution in [1.29, 1.82) is 0 Å². The molecule has 0 bridgehead atoms. The van der Waals surface area contributed by atoms with Crippen LogP contribution in [0.4, 0.5) is 5.69 Å². The van der Waals surface area contributed by atoms with E-state index in [-0.39, 0.29) is 11.9 Å². The second-order valence-electron chi connectivity index (χ2n) is 7.56. The quantitative estimate of drug-likeness (QED) is 0.570. The predicted octanol–water partition coefficient (Wildman–Crippen LogP) is 3.77. The molecule has 2 aromatic rings. The molecule has 2 aromatic carbocycles. The molecule has 6 heteroatoms. The van der Waals surface area contributed by atoms with Crippen molar-refractivity contribution < 1.29 is 23.8 Å². The molecule has 2 atom stereocenters. The number of fused-ring (bicyclic) bond motifs is 2. The summed E-state index contributed by atoms with van der Waals surface area (Å²) < 4.78 is 16.6. The summed E-state index contributed by atoms with van der Waals surface area (Å²) in [5.41, 5.74) is 2.81. The van der Waals surface area contributed by atoms with Gasteiger partial charge in [0, 0.05) is 24.2 Å². The summed E-state index contributed by atoms with van der Waals surface area (Å²) in [6.45, 7) is 4.83. The normalized spacial score (nSPS) is 18.6. The predicted molar refractivity (Wildman–Crippen MR) is 114 cm³/mol. The number of carbonyl (C=O) groups excluding carboxylic acids is 2. The Balaban J connectivity index is 1.39. The first-order valence-electron chi connectivity index (χ1n) is 10.2. The van der Waals surface area contributed by atoms with Crippen LogP contribution in [-0.2, 0) is 20.7 Å². The van der Waals surface area contributed by atoms with Gasteiger partial charge < -0.3 is 19.1 Å². The van der Waals surface area contributed by atoms with Crippen molar-refractivity contribution in [3.63, 3.8) is 0 Å². The second kappa shape index (κ2) is 8.61. The number of anilines is 1. The Kier molecular flexibility index (Phi) is 5.74. The highest BCUT2D eigenvalue weighted by Crippen LogP contribution is 2.33. The van der Waals surface area contributed by atoms with Crippen LogP contribution in [0.15, 0.2) is 48.5 Å². The van der Waals surface area contributed by atoms with Crippen LogP contribution in [0.5, 0.6) is 11.5 Å². The molecule has 0 fully saturated rings. The smallest absolute Gasteiger partial charge is 0.331 e. The van der Waals surface area contributed by atoms with Crippen molar-refractivity contribution in [3.05, 3.63) is 59.7 Å². The minimum absolute atomic E-state index is 0.0355. The molecule has 0 aliphatic carbocycles. The lowest BCUT2D eigenvalue weighted by Crippen LogP contribution is -2.43. The number of benzene rings is 2. The molecule has 4 rings (SSSR count). The van der Waals surface area contributed by atoms with Gasteiger partial charge in [0.25, 0.3) is 5.91 Å². The van der Waals surface area contributed by atoms with E-state index in [1.165, 1.54) is 6.08 Å². The fraction of sp³-hybridized carbons (Fsp3) is 0.333. The van der Waals surface area contributed by atoms with Crippen molar-refractivity contribution in [3.8, 4) is 11.5 Å². The van der Waals surface area contributed by atoms with Gasteiger partial charge in [-0.15, -0.1) is 0 Å². The van der Waals surface area contributed by atoms with E-state index < -0.39 is 12.1 Å². The minimum atomic E-state index is -0.875. The average molecular weight is 407 g/mol. The Bertz CT molecular complexity index is 983. The van der Waals surface area contributed by atoms with Gasteiger partial charge in [-0.25, -0.2) is 4.79 Å². The molecule has 1 amide bonds. The maximum atomic E-state index is 12.9. The van der Waals surface area contributed by atoms with Crippen molar-refractivity contribution in [2.45, 2.75) is 38.8 Å². The van der Waals surface area contributed by atoms with Crippen LogP contribution in [0.25, 0.3) is 6.08 Å². The summed E-state index contributed by atoms with van der Waals surface area (Å²) in [7, 11) is 0. The fourth-order valence-corrected chi connectivity index (χ4v) is 3.81. The van der Waals surface area contributed by atoms with Gasteiger partial charge in [0.2, 0.25) is 0 Å². The van der Waals surface area contributed by atoms with Crippen molar-refractivity contribution in [2.75, 3.05) is 18.1 Å². The Morgan fingerprint density at radius 3 is 2.73 bits per heavy atom. The molecular formula is C24H25NO5. The molecule has 2 heterocycles. The molecule has 0 saturated carbocycles. The third kappa shape index (κ3) is 4.17. The van der Waals surface area contributed by atoms with Crippen LogP contribution in [0, 0.1) is 0 Å². The molecule has 0 radical (unpaired) electrons. The zero-order chi connectivity index (χ0) is 21.1. The third-order valence-corrected chi connectivity index (χ3v) is 5.27. The summed E-state index contributed by atoms with van der Waals surface area (Å²) in [5.74, 6) is 0.576. The van der Waals surface area contributed by atoms with E-state index in [2.05, 4.69) is 0 Å². The standard InChI is InChI=1S/C24H25NO5/c1-16-14-19-6-3-4-7-20(19)25(16)24(27)17(2)30-23(26)11-9-18-8-10-21-22(15-18)29-13-5-12-28-21/h3-4,6-11,15-17H,5,12-14H2,1-2H3/b11-9+/t16-,17+/m0/s1. The summed E-state index contributed by atoms with van der Waals surface area (Å²) in [6.07, 6.45) is 3.72. The van der Waals surface area contributed by atoms with Crippen LogP contribution in [0.2, 0.25) is 0 Å². The lowest BCUT2D eigenvalue weighted by atomic mass is 10.1. The molecule has 0 aromatic heterocycles. The molecular weight excluding hydrogens is 382 g/mol. The lowest BCUT2D eigenvalue weighted by molar-refractivity contribution is -0.149. The van der Waals surface area contributed by atoms with E-state index >= 15 is 0 Å². The van der Waals surface area contributed by atoms with E-state index in [9.17, 15) is 9.59 Å². The first-order chi connectivity index (χ1) is 14.5. The summed E-state index contributed by atoms with van der Waals surface area (Å²) in [5, 5.41) is 0. The maximum absolute atomic E-state index is 12.9. The van der Waals surface area contributed by atoms with E-state index in [1.54, 1.807) is 17.9 Å². The Morgan fingerprint density at radius 2 is 1.90 bits per heavy atom. The minimum Gasteiger partial charge on any atom is -0.490 e. The van der Waals surface area contributed by atoms with Gasteiger partial charge >= 0.3 is 5.97 Å². The van der Waals surface area contributed by atoms with E-state index in [0.29, 0.717) is 24.7 Å². The molecule has 0 saturated heterocycles. The number of amides is 1. The highest BCUT2D eigenvalue weighted by molar-refractivity contribution is 6.00. The van der Waals surface area contributed by atoms with Gasteiger partial charge in [0.1, 0.15) is 0 Å². The van der Waals surface area contributed by atoms with Crippen LogP contribution in [-0.4, -0.2) is 37.2 Å². The zero-order valence-electron chi connectivity index (χ0n) is 17.2. The van der Waals surface area contributed by atoms with Crippen LogP contribution in [0.1, 0.15) is 31.4 Å². The van der Waals surface area contributed by atoms with Gasteiger partial charge in [0.15, 0.2) is 17.6 Å². The summed E-state index contributed by atoms with van der Waals surface area (Å²) in [4.78, 5) is 26.9. The average Bonchev–Trinajstić information content (AvgIpc) is 2.91. The molecule has 2 aliphatic heterocycles. The van der Waals surface area contributed by atoms with Gasteiger partial charge in [-0.2, -0.15) is 0 Å². The van der Waals surface area contributed by atoms with E-state index in [0.717, 1.165) is 29.7 Å². The maximum Gasteiger partial charge on any atom is 0.331 e. The van der Waals surface area contributed by atoms with Crippen molar-refractivity contribution in [1.82, 2.24) is 0 Å². The Morgan fingerprint density at radius 1 is 1.13 bits per heavy atom. The van der Waals surface area contributed by atoms with Crippen molar-refractivity contribution in [2.24, 2.45) is 0 Å². The monoisotopic (exact) mass is 407 g/mol. The van der Waals surface area contributed by atoms with Crippen LogP contribution < -0.4 is 14.4 Å². The molecule has 0 N–H and O–H groups in total. The van der Waals surface area contributed by atoms with Gasteiger partial charge in [-0.1, -0.05) is 24.3 Å². The molecule has 156 valence electrons.